The largest absolute Gasteiger partial charge is 0.476 e. The van der Waals surface area contributed by atoms with Crippen molar-refractivity contribution in [3.8, 4) is 5.69 Å². The number of carboxylic acids is 1. The van der Waals surface area contributed by atoms with E-state index in [4.69, 9.17) is 11.6 Å². The van der Waals surface area contributed by atoms with Gasteiger partial charge in [0.25, 0.3) is 0 Å². The van der Waals surface area contributed by atoms with Crippen LogP contribution in [0.25, 0.3) is 5.69 Å². The summed E-state index contributed by atoms with van der Waals surface area (Å²) in [6.45, 7) is 2.02. The molecular weight excluding hydrogens is 346 g/mol. The summed E-state index contributed by atoms with van der Waals surface area (Å²) >= 11 is 7.74. The summed E-state index contributed by atoms with van der Waals surface area (Å²) in [4.78, 5) is 12.5. The van der Waals surface area contributed by atoms with Crippen LogP contribution in [0.1, 0.15) is 21.7 Å². The Kier molecular flexibility index (Phi) is 4.87. The highest BCUT2D eigenvalue weighted by Crippen LogP contribution is 2.27. The fourth-order valence-corrected chi connectivity index (χ4v) is 3.31. The van der Waals surface area contributed by atoms with Crippen molar-refractivity contribution in [3.63, 3.8) is 0 Å². The van der Waals surface area contributed by atoms with Gasteiger partial charge in [0.15, 0.2) is 5.69 Å². The first-order valence-electron chi connectivity index (χ1n) is 7.18. The predicted molar refractivity (Wildman–Crippen MR) is 94.1 cm³/mol. The maximum absolute atomic E-state index is 11.4. The number of hydrogen-bond acceptors (Lipinski definition) is 4. The molecule has 3 rings (SSSR count). The SMILES string of the molecule is Cc1ccc(SCc2c(C(=O)O)nnn2-c2ccccc2Cl)cc1. The topological polar surface area (TPSA) is 68.0 Å². The molecule has 0 atom stereocenters. The second-order valence-corrected chi connectivity index (χ2v) is 6.61. The van der Waals surface area contributed by atoms with Gasteiger partial charge in [-0.05, 0) is 31.2 Å². The standard InChI is InChI=1S/C17H14ClN3O2S/c1-11-6-8-12(9-7-11)24-10-15-16(17(22)23)19-20-21(15)14-5-3-2-4-13(14)18/h2-9H,10H2,1H3,(H,22,23). The summed E-state index contributed by atoms with van der Waals surface area (Å²) in [6.07, 6.45) is 0. The highest BCUT2D eigenvalue weighted by atomic mass is 35.5. The van der Waals surface area contributed by atoms with Crippen LogP contribution in [0.2, 0.25) is 5.02 Å². The molecule has 0 aliphatic carbocycles. The minimum atomic E-state index is -1.10. The lowest BCUT2D eigenvalue weighted by molar-refractivity contribution is 0.0689. The van der Waals surface area contributed by atoms with Crippen molar-refractivity contribution in [1.29, 1.82) is 0 Å². The van der Waals surface area contributed by atoms with Crippen molar-refractivity contribution in [1.82, 2.24) is 15.0 Å². The Morgan fingerprint density at radius 1 is 1.21 bits per heavy atom. The van der Waals surface area contributed by atoms with Gasteiger partial charge in [-0.3, -0.25) is 0 Å². The lowest BCUT2D eigenvalue weighted by Gasteiger charge is -2.08. The third-order valence-corrected chi connectivity index (χ3v) is 4.79. The van der Waals surface area contributed by atoms with Crippen LogP contribution in [-0.4, -0.2) is 26.1 Å². The lowest BCUT2D eigenvalue weighted by Crippen LogP contribution is -2.06. The molecular formula is C17H14ClN3O2S. The number of rotatable bonds is 5. The molecule has 0 unspecified atom stereocenters. The zero-order chi connectivity index (χ0) is 17.1. The van der Waals surface area contributed by atoms with Crippen LogP contribution in [0.4, 0.5) is 0 Å². The number of benzene rings is 2. The van der Waals surface area contributed by atoms with Gasteiger partial charge in [0.05, 0.1) is 16.4 Å². The number of aryl methyl sites for hydroxylation is 1. The Bertz CT molecular complexity index is 878. The summed E-state index contributed by atoms with van der Waals surface area (Å²) in [5.41, 5.74) is 2.22. The van der Waals surface area contributed by atoms with E-state index in [9.17, 15) is 9.90 Å². The van der Waals surface area contributed by atoms with Gasteiger partial charge in [0.1, 0.15) is 0 Å². The van der Waals surface area contributed by atoms with Gasteiger partial charge in [-0.2, -0.15) is 0 Å². The molecule has 0 saturated carbocycles. The maximum atomic E-state index is 11.4. The van der Waals surface area contributed by atoms with E-state index in [1.54, 1.807) is 12.1 Å². The van der Waals surface area contributed by atoms with Crippen molar-refractivity contribution in [3.05, 3.63) is 70.5 Å². The minimum Gasteiger partial charge on any atom is -0.476 e. The van der Waals surface area contributed by atoms with E-state index in [2.05, 4.69) is 10.3 Å². The zero-order valence-electron chi connectivity index (χ0n) is 12.8. The number of nitrogens with zero attached hydrogens (tertiary/aromatic N) is 3. The van der Waals surface area contributed by atoms with E-state index in [-0.39, 0.29) is 5.69 Å². The van der Waals surface area contributed by atoms with Crippen molar-refractivity contribution < 1.29 is 9.90 Å². The van der Waals surface area contributed by atoms with Crippen LogP contribution in [0.15, 0.2) is 53.4 Å². The first-order chi connectivity index (χ1) is 11.6. The monoisotopic (exact) mass is 359 g/mol. The second-order valence-electron chi connectivity index (χ2n) is 5.15. The van der Waals surface area contributed by atoms with Gasteiger partial charge in [-0.25, -0.2) is 9.48 Å². The van der Waals surface area contributed by atoms with Gasteiger partial charge in [0.2, 0.25) is 0 Å². The van der Waals surface area contributed by atoms with Crippen LogP contribution in [0.3, 0.4) is 0 Å². The van der Waals surface area contributed by atoms with E-state index >= 15 is 0 Å². The van der Waals surface area contributed by atoms with Crippen LogP contribution in [-0.2, 0) is 5.75 Å². The Hall–Kier alpha value is -2.31. The van der Waals surface area contributed by atoms with Crippen molar-refractivity contribution in [2.45, 2.75) is 17.6 Å². The number of halogens is 1. The average molecular weight is 360 g/mol. The fourth-order valence-electron chi connectivity index (χ4n) is 2.20. The molecule has 2 aromatic carbocycles. The second kappa shape index (κ2) is 7.07. The first-order valence-corrected chi connectivity index (χ1v) is 8.55. The zero-order valence-corrected chi connectivity index (χ0v) is 14.4. The van der Waals surface area contributed by atoms with E-state index in [1.165, 1.54) is 22.0 Å². The number of carboxylic acid groups (broad SMARTS) is 1. The van der Waals surface area contributed by atoms with E-state index < -0.39 is 5.97 Å². The molecule has 0 aliphatic rings. The van der Waals surface area contributed by atoms with E-state index in [0.717, 1.165) is 4.90 Å². The van der Waals surface area contributed by atoms with Crippen molar-refractivity contribution in [2.24, 2.45) is 0 Å². The summed E-state index contributed by atoms with van der Waals surface area (Å²) in [7, 11) is 0. The summed E-state index contributed by atoms with van der Waals surface area (Å²) in [5.74, 6) is -0.684. The molecule has 7 heteroatoms. The highest BCUT2D eigenvalue weighted by Gasteiger charge is 2.21. The number of para-hydroxylation sites is 1. The molecule has 5 nitrogen and oxygen atoms in total. The molecule has 24 heavy (non-hydrogen) atoms. The molecule has 122 valence electrons. The Morgan fingerprint density at radius 3 is 2.58 bits per heavy atom. The molecule has 1 aromatic heterocycles. The third kappa shape index (κ3) is 3.44. The maximum Gasteiger partial charge on any atom is 0.358 e. The van der Waals surface area contributed by atoms with Gasteiger partial charge in [0, 0.05) is 10.6 Å². The normalized spacial score (nSPS) is 10.8. The Morgan fingerprint density at radius 2 is 1.92 bits per heavy atom. The van der Waals surface area contributed by atoms with Crippen LogP contribution in [0.5, 0.6) is 0 Å². The van der Waals surface area contributed by atoms with Crippen LogP contribution in [0, 0.1) is 6.92 Å². The number of hydrogen-bond donors (Lipinski definition) is 1. The van der Waals surface area contributed by atoms with Gasteiger partial charge in [-0.15, -0.1) is 16.9 Å². The molecule has 0 spiro atoms. The molecule has 1 heterocycles. The van der Waals surface area contributed by atoms with Crippen molar-refractivity contribution in [2.75, 3.05) is 0 Å². The van der Waals surface area contributed by atoms with Crippen LogP contribution >= 0.6 is 23.4 Å². The lowest BCUT2D eigenvalue weighted by atomic mass is 10.2. The van der Waals surface area contributed by atoms with Gasteiger partial charge >= 0.3 is 5.97 Å². The molecule has 0 aliphatic heterocycles. The predicted octanol–water partition coefficient (Wildman–Crippen LogP) is 4.22. The van der Waals surface area contributed by atoms with Gasteiger partial charge in [-0.1, -0.05) is 46.6 Å². The summed E-state index contributed by atoms with van der Waals surface area (Å²) in [5, 5.41) is 17.6. The molecule has 0 radical (unpaired) electrons. The smallest absolute Gasteiger partial charge is 0.358 e. The summed E-state index contributed by atoms with van der Waals surface area (Å²) < 4.78 is 1.49. The molecule has 3 aromatic rings. The fraction of sp³-hybridized carbons (Fsp3) is 0.118. The molecule has 0 amide bonds. The van der Waals surface area contributed by atoms with Crippen molar-refractivity contribution >= 4 is 29.3 Å². The number of aromatic carboxylic acids is 1. The van der Waals surface area contributed by atoms with Gasteiger partial charge < -0.3 is 5.11 Å². The number of thioether (sulfide) groups is 1. The highest BCUT2D eigenvalue weighted by molar-refractivity contribution is 7.98. The Labute approximate surface area is 148 Å². The van der Waals surface area contributed by atoms with Crippen LogP contribution < -0.4 is 0 Å². The number of aromatic nitrogens is 3. The third-order valence-electron chi connectivity index (χ3n) is 3.44. The molecule has 0 saturated heterocycles. The molecule has 0 bridgehead atoms. The molecule has 1 N–H and O–H groups in total. The van der Waals surface area contributed by atoms with E-state index in [0.29, 0.717) is 22.2 Å². The number of carbonyl (C=O) groups is 1. The Balaban J connectivity index is 1.95. The van der Waals surface area contributed by atoms with E-state index in [1.807, 2.05) is 43.3 Å². The molecule has 0 fully saturated rings. The average Bonchev–Trinajstić information content (AvgIpc) is 2.99. The quantitative estimate of drug-likeness (QED) is 0.691. The summed E-state index contributed by atoms with van der Waals surface area (Å²) in [6, 6.07) is 15.2. The first kappa shape index (κ1) is 16.5. The minimum absolute atomic E-state index is 0.0606.